The van der Waals surface area contributed by atoms with Crippen LogP contribution >= 0.6 is 11.6 Å². The Kier molecular flexibility index (Phi) is 11.7. The summed E-state index contributed by atoms with van der Waals surface area (Å²) in [6.45, 7) is 1.89. The van der Waals surface area contributed by atoms with Gasteiger partial charge in [-0.2, -0.15) is 0 Å². The molecule has 2 aliphatic heterocycles. The molecule has 9 nitrogen and oxygen atoms in total. The summed E-state index contributed by atoms with van der Waals surface area (Å²) in [5, 5.41) is 0.717. The second-order valence-corrected chi connectivity index (χ2v) is 15.7. The predicted molar refractivity (Wildman–Crippen MR) is 193 cm³/mol. The molecule has 3 heterocycles. The smallest absolute Gasteiger partial charge is 0.286 e. The van der Waals surface area contributed by atoms with Gasteiger partial charge in [-0.1, -0.05) is 29.8 Å². The van der Waals surface area contributed by atoms with Gasteiger partial charge in [-0.15, -0.1) is 4.36 Å². The van der Waals surface area contributed by atoms with E-state index >= 15 is 0 Å². The first-order valence-electron chi connectivity index (χ1n) is 17.3. The Hall–Kier alpha value is -3.73. The lowest BCUT2D eigenvalue weighted by atomic mass is 9.70. The third-order valence-corrected chi connectivity index (χ3v) is 11.9. The number of hydrogen-bond donors (Lipinski definition) is 1. The second-order valence-electron chi connectivity index (χ2n) is 13.2. The van der Waals surface area contributed by atoms with Crippen LogP contribution < -0.4 is 14.4 Å². The topological polar surface area (TPSA) is 110 Å². The van der Waals surface area contributed by atoms with Gasteiger partial charge >= 0.3 is 0 Å². The van der Waals surface area contributed by atoms with Gasteiger partial charge in [0.2, 0.25) is 5.91 Å². The number of carbonyl (C=O) groups excluding carboxylic acids is 2. The molecule has 1 N–H and O–H groups in total. The van der Waals surface area contributed by atoms with Crippen LogP contribution in [0, 0.1) is 11.8 Å². The van der Waals surface area contributed by atoms with Crippen molar-refractivity contribution in [3.8, 4) is 5.75 Å². The number of fused-ring (bicyclic) bond motifs is 3. The Morgan fingerprint density at radius 1 is 1.08 bits per heavy atom. The molecule has 1 saturated carbocycles. The summed E-state index contributed by atoms with van der Waals surface area (Å²) in [6, 6.07) is 15.1. The highest BCUT2D eigenvalue weighted by Crippen LogP contribution is 2.42. The highest BCUT2D eigenvalue weighted by molar-refractivity contribution is 7.92. The zero-order chi connectivity index (χ0) is 34.2. The van der Waals surface area contributed by atoms with E-state index in [1.54, 1.807) is 25.6 Å². The number of halogens is 1. The lowest BCUT2D eigenvalue weighted by Crippen LogP contribution is -2.43. The van der Waals surface area contributed by atoms with E-state index in [2.05, 4.69) is 43.3 Å². The second kappa shape index (κ2) is 16.3. The fourth-order valence-corrected chi connectivity index (χ4v) is 8.78. The number of benzene rings is 2. The van der Waals surface area contributed by atoms with Crippen molar-refractivity contribution < 1.29 is 23.3 Å². The standard InChI is InChI=1S/C38H45ClN4O5S/c1-47-35-8-3-2-6-22-49(46,41-37(44)16-9-27-17-19-40-20-18-27)42-38(45)29-12-15-36-34(24-29)43(26-31-11-14-33(31)35)25-30-10-13-32(39)23-28(30)7-4-5-21-48-36/h3,8,10,12-13,15,17-20,23-24,31,33,35H,2,4-7,9,11,14,16,21-22,25-26H2,1H3,(H,41,42,44,45,46)/b8-3+/t31-,33+,35-,49?/m0/s1. The summed E-state index contributed by atoms with van der Waals surface area (Å²) in [4.78, 5) is 33.2. The van der Waals surface area contributed by atoms with E-state index in [0.717, 1.165) is 54.9 Å². The van der Waals surface area contributed by atoms with Crippen molar-refractivity contribution in [1.82, 2.24) is 9.71 Å². The number of ether oxygens (including phenoxy) is 2. The molecule has 2 bridgehead atoms. The number of methoxy groups -OCH3 is 1. The molecule has 2 aromatic carbocycles. The Balaban J connectivity index is 1.38. The largest absolute Gasteiger partial charge is 0.491 e. The quantitative estimate of drug-likeness (QED) is 0.282. The number of pyridine rings is 1. The number of aryl methyl sites for hydroxylation is 2. The summed E-state index contributed by atoms with van der Waals surface area (Å²) in [5.41, 5.74) is 4.43. The van der Waals surface area contributed by atoms with Crippen molar-refractivity contribution in [3.63, 3.8) is 0 Å². The van der Waals surface area contributed by atoms with E-state index in [0.29, 0.717) is 55.6 Å². The molecule has 0 spiro atoms. The fourth-order valence-electron chi connectivity index (χ4n) is 6.96. The lowest BCUT2D eigenvalue weighted by molar-refractivity contribution is -0.119. The van der Waals surface area contributed by atoms with E-state index < -0.39 is 21.7 Å². The Morgan fingerprint density at radius 3 is 2.73 bits per heavy atom. The number of allylic oxidation sites excluding steroid dienone is 1. The molecule has 6 rings (SSSR count). The first kappa shape index (κ1) is 35.1. The van der Waals surface area contributed by atoms with Crippen molar-refractivity contribution in [1.29, 1.82) is 0 Å². The molecule has 11 heteroatoms. The number of nitrogens with zero attached hydrogens (tertiary/aromatic N) is 3. The Bertz CT molecular complexity index is 1790. The van der Waals surface area contributed by atoms with Crippen molar-refractivity contribution in [2.75, 3.05) is 30.9 Å². The lowest BCUT2D eigenvalue weighted by Gasteiger charge is -2.43. The van der Waals surface area contributed by atoms with E-state index in [9.17, 15) is 13.8 Å². The van der Waals surface area contributed by atoms with Crippen molar-refractivity contribution in [3.05, 3.63) is 100 Å². The minimum Gasteiger partial charge on any atom is -0.491 e. The maximum Gasteiger partial charge on any atom is 0.286 e. The molecular formula is C38H45ClN4O5S. The van der Waals surface area contributed by atoms with Gasteiger partial charge in [-0.25, -0.2) is 4.21 Å². The first-order valence-corrected chi connectivity index (χ1v) is 19.3. The highest BCUT2D eigenvalue weighted by Gasteiger charge is 2.38. The molecule has 260 valence electrons. The average Bonchev–Trinajstić information content (AvgIpc) is 3.11. The van der Waals surface area contributed by atoms with Crippen molar-refractivity contribution >= 4 is 39.0 Å². The number of nitrogens with one attached hydrogen (secondary N) is 1. The van der Waals surface area contributed by atoms with Gasteiger partial charge in [-0.05, 0) is 122 Å². The van der Waals surface area contributed by atoms with Gasteiger partial charge in [0.15, 0.2) is 0 Å². The number of rotatable bonds is 5. The molecule has 1 aromatic heterocycles. The van der Waals surface area contributed by atoms with Crippen molar-refractivity contribution in [2.45, 2.75) is 70.4 Å². The molecule has 3 aromatic rings. The summed E-state index contributed by atoms with van der Waals surface area (Å²) in [6.07, 6.45) is 14.0. The van der Waals surface area contributed by atoms with Gasteiger partial charge in [0.05, 0.1) is 24.2 Å². The van der Waals surface area contributed by atoms with Crippen LogP contribution in [0.4, 0.5) is 5.69 Å². The van der Waals surface area contributed by atoms with Crippen LogP contribution in [0.2, 0.25) is 5.02 Å². The zero-order valence-corrected chi connectivity index (χ0v) is 29.6. The minimum atomic E-state index is -3.41. The Labute approximate surface area is 294 Å². The molecule has 0 radical (unpaired) electrons. The first-order chi connectivity index (χ1) is 23.8. The fraction of sp³-hybridized carbons (Fsp3) is 0.447. The zero-order valence-electron chi connectivity index (χ0n) is 28.0. The molecule has 1 aliphatic carbocycles. The van der Waals surface area contributed by atoms with Crippen LogP contribution in [0.15, 0.2) is 77.4 Å². The monoisotopic (exact) mass is 704 g/mol. The molecule has 1 unspecified atom stereocenters. The van der Waals surface area contributed by atoms with E-state index in [-0.39, 0.29) is 18.3 Å². The van der Waals surface area contributed by atoms with Gasteiger partial charge < -0.3 is 14.4 Å². The SMILES string of the molecule is CO[C@H]1/C=C/CCCS(=O)(NC(=O)CCc2ccncc2)=NC(=O)c2ccc3c(c2)N(Cc2ccc(Cl)cc2CCCCO3)C[C@@H]2CC[C@H]21. The normalized spacial score (nSPS) is 25.2. The maximum absolute atomic E-state index is 14.2. The predicted octanol–water partition coefficient (Wildman–Crippen LogP) is 7.12. The van der Waals surface area contributed by atoms with E-state index in [1.807, 2.05) is 30.3 Å². The number of amides is 2. The van der Waals surface area contributed by atoms with Crippen LogP contribution in [-0.4, -0.2) is 53.1 Å². The third-order valence-electron chi connectivity index (χ3n) is 9.81. The van der Waals surface area contributed by atoms with Gasteiger partial charge in [0.25, 0.3) is 5.91 Å². The number of aromatic nitrogens is 1. The molecule has 1 fully saturated rings. The number of hydrogen-bond acceptors (Lipinski definition) is 7. The van der Waals surface area contributed by atoms with Gasteiger partial charge in [-0.3, -0.25) is 19.3 Å². The van der Waals surface area contributed by atoms with Crippen LogP contribution in [0.3, 0.4) is 0 Å². The van der Waals surface area contributed by atoms with Crippen LogP contribution in [0.5, 0.6) is 5.75 Å². The summed E-state index contributed by atoms with van der Waals surface area (Å²) < 4.78 is 33.5. The van der Waals surface area contributed by atoms with E-state index in [4.69, 9.17) is 21.1 Å². The van der Waals surface area contributed by atoms with Crippen LogP contribution in [0.1, 0.15) is 72.0 Å². The maximum atomic E-state index is 14.2. The third kappa shape index (κ3) is 9.09. The van der Waals surface area contributed by atoms with E-state index in [1.165, 1.54) is 11.1 Å². The molecule has 49 heavy (non-hydrogen) atoms. The molecule has 2 amide bonds. The average molecular weight is 705 g/mol. The van der Waals surface area contributed by atoms with Crippen LogP contribution in [-0.2, 0) is 38.8 Å². The molecule has 0 saturated heterocycles. The summed E-state index contributed by atoms with van der Waals surface area (Å²) >= 11 is 6.45. The minimum absolute atomic E-state index is 0.0488. The van der Waals surface area contributed by atoms with Crippen molar-refractivity contribution in [2.24, 2.45) is 16.2 Å². The number of carbonyl (C=O) groups is 2. The van der Waals surface area contributed by atoms with Gasteiger partial charge in [0, 0.05) is 49.6 Å². The Morgan fingerprint density at radius 2 is 1.94 bits per heavy atom. The summed E-state index contributed by atoms with van der Waals surface area (Å²) in [5.74, 6) is 0.407. The molecule has 4 atom stereocenters. The van der Waals surface area contributed by atoms with Gasteiger partial charge in [0.1, 0.15) is 15.7 Å². The summed E-state index contributed by atoms with van der Waals surface area (Å²) in [7, 11) is -1.66. The molecule has 3 aliphatic rings. The highest BCUT2D eigenvalue weighted by atomic mass is 35.5. The van der Waals surface area contributed by atoms with Crippen LogP contribution in [0.25, 0.3) is 0 Å². The number of anilines is 1. The molecular weight excluding hydrogens is 660 g/mol.